The zero-order valence-electron chi connectivity index (χ0n) is 13.7. The molecule has 1 atom stereocenters. The van der Waals surface area contributed by atoms with Gasteiger partial charge < -0.3 is 15.5 Å². The molecule has 5 nitrogen and oxygen atoms in total. The van der Waals surface area contributed by atoms with Gasteiger partial charge in [-0.2, -0.15) is 0 Å². The molecule has 1 aliphatic heterocycles. The second-order valence-corrected chi connectivity index (χ2v) is 5.98. The Kier molecular flexibility index (Phi) is 5.71. The number of nitrogens with zero attached hydrogens (tertiary/aromatic N) is 2. The van der Waals surface area contributed by atoms with E-state index >= 15 is 0 Å². The SMILES string of the molecule is CCCC(N)C(=O)N1CCN(C(=O)c2ccc(C)c(F)c2)CC1. The van der Waals surface area contributed by atoms with Gasteiger partial charge in [-0.1, -0.05) is 19.4 Å². The van der Waals surface area contributed by atoms with Crippen molar-refractivity contribution in [2.45, 2.75) is 32.7 Å². The summed E-state index contributed by atoms with van der Waals surface area (Å²) in [6, 6.07) is 4.04. The number of nitrogens with two attached hydrogens (primary N) is 1. The molecule has 0 spiro atoms. The van der Waals surface area contributed by atoms with Crippen molar-refractivity contribution >= 4 is 11.8 Å². The average molecular weight is 321 g/mol. The van der Waals surface area contributed by atoms with Crippen LogP contribution >= 0.6 is 0 Å². The highest BCUT2D eigenvalue weighted by Gasteiger charge is 2.27. The first kappa shape index (κ1) is 17.4. The van der Waals surface area contributed by atoms with Crippen molar-refractivity contribution in [1.82, 2.24) is 9.80 Å². The number of carbonyl (C=O) groups is 2. The zero-order chi connectivity index (χ0) is 17.0. The minimum Gasteiger partial charge on any atom is -0.338 e. The van der Waals surface area contributed by atoms with E-state index in [0.29, 0.717) is 43.7 Å². The number of piperazine rings is 1. The normalized spacial score (nSPS) is 16.3. The Morgan fingerprint density at radius 2 is 1.83 bits per heavy atom. The van der Waals surface area contributed by atoms with Crippen LogP contribution in [0.3, 0.4) is 0 Å². The van der Waals surface area contributed by atoms with Crippen LogP contribution in [0.4, 0.5) is 4.39 Å². The number of hydrogen-bond acceptors (Lipinski definition) is 3. The second-order valence-electron chi connectivity index (χ2n) is 5.98. The van der Waals surface area contributed by atoms with Crippen molar-refractivity contribution in [2.24, 2.45) is 5.73 Å². The fraction of sp³-hybridized carbons (Fsp3) is 0.529. The van der Waals surface area contributed by atoms with Crippen molar-refractivity contribution in [2.75, 3.05) is 26.2 Å². The van der Waals surface area contributed by atoms with E-state index in [2.05, 4.69) is 0 Å². The molecule has 2 N–H and O–H groups in total. The molecule has 0 aromatic heterocycles. The summed E-state index contributed by atoms with van der Waals surface area (Å²) in [5.74, 6) is -0.635. The van der Waals surface area contributed by atoms with Crippen LogP contribution in [-0.2, 0) is 4.79 Å². The van der Waals surface area contributed by atoms with E-state index in [1.807, 2.05) is 6.92 Å². The van der Waals surface area contributed by atoms with Crippen LogP contribution in [0.15, 0.2) is 18.2 Å². The zero-order valence-corrected chi connectivity index (χ0v) is 13.7. The molecular formula is C17H24FN3O2. The molecule has 1 aromatic carbocycles. The number of carbonyl (C=O) groups excluding carboxylic acids is 2. The van der Waals surface area contributed by atoms with E-state index in [-0.39, 0.29) is 17.6 Å². The standard InChI is InChI=1S/C17H24FN3O2/c1-3-4-15(19)17(23)21-9-7-20(8-10-21)16(22)13-6-5-12(2)14(18)11-13/h5-6,11,15H,3-4,7-10,19H2,1-2H3. The molecule has 1 aromatic rings. The first-order chi connectivity index (χ1) is 10.9. The van der Waals surface area contributed by atoms with Gasteiger partial charge in [0.05, 0.1) is 6.04 Å². The fourth-order valence-corrected chi connectivity index (χ4v) is 2.71. The molecule has 0 bridgehead atoms. The van der Waals surface area contributed by atoms with Crippen molar-refractivity contribution in [1.29, 1.82) is 0 Å². The Bertz CT molecular complexity index is 583. The summed E-state index contributed by atoms with van der Waals surface area (Å²) < 4.78 is 13.6. The topological polar surface area (TPSA) is 66.6 Å². The van der Waals surface area contributed by atoms with E-state index in [1.54, 1.807) is 28.9 Å². The van der Waals surface area contributed by atoms with Gasteiger partial charge in [-0.15, -0.1) is 0 Å². The maximum absolute atomic E-state index is 13.6. The molecule has 0 aliphatic carbocycles. The molecule has 0 radical (unpaired) electrons. The van der Waals surface area contributed by atoms with E-state index in [0.717, 1.165) is 6.42 Å². The Hall–Kier alpha value is -1.95. The molecule has 1 saturated heterocycles. The lowest BCUT2D eigenvalue weighted by atomic mass is 10.1. The van der Waals surface area contributed by atoms with Crippen molar-refractivity contribution in [3.63, 3.8) is 0 Å². The van der Waals surface area contributed by atoms with Crippen LogP contribution in [0.1, 0.15) is 35.7 Å². The fourth-order valence-electron chi connectivity index (χ4n) is 2.71. The summed E-state index contributed by atoms with van der Waals surface area (Å²) in [6.07, 6.45) is 1.53. The number of aryl methyl sites for hydroxylation is 1. The average Bonchev–Trinajstić information content (AvgIpc) is 2.56. The van der Waals surface area contributed by atoms with Crippen LogP contribution < -0.4 is 5.73 Å². The van der Waals surface area contributed by atoms with Crippen LogP contribution in [0.25, 0.3) is 0 Å². The largest absolute Gasteiger partial charge is 0.338 e. The Balaban J connectivity index is 1.94. The maximum Gasteiger partial charge on any atom is 0.254 e. The van der Waals surface area contributed by atoms with E-state index in [9.17, 15) is 14.0 Å². The minimum atomic E-state index is -0.464. The number of halogens is 1. The summed E-state index contributed by atoms with van der Waals surface area (Å²) in [6.45, 7) is 5.47. The summed E-state index contributed by atoms with van der Waals surface area (Å²) in [5, 5.41) is 0. The van der Waals surface area contributed by atoms with Gasteiger partial charge in [0.15, 0.2) is 0 Å². The van der Waals surface area contributed by atoms with Gasteiger partial charge in [0.1, 0.15) is 5.82 Å². The summed E-state index contributed by atoms with van der Waals surface area (Å²) in [7, 11) is 0. The molecule has 2 rings (SSSR count). The van der Waals surface area contributed by atoms with Gasteiger partial charge in [0.25, 0.3) is 5.91 Å². The lowest BCUT2D eigenvalue weighted by Gasteiger charge is -2.36. The Labute approximate surface area is 136 Å². The van der Waals surface area contributed by atoms with Gasteiger partial charge in [0.2, 0.25) is 5.91 Å². The van der Waals surface area contributed by atoms with Crippen molar-refractivity contribution in [3.8, 4) is 0 Å². The number of amides is 2. The highest BCUT2D eigenvalue weighted by Crippen LogP contribution is 2.14. The molecule has 1 fully saturated rings. The van der Waals surface area contributed by atoms with E-state index in [4.69, 9.17) is 5.73 Å². The molecule has 6 heteroatoms. The van der Waals surface area contributed by atoms with Crippen molar-refractivity contribution < 1.29 is 14.0 Å². The maximum atomic E-state index is 13.6. The minimum absolute atomic E-state index is 0.0553. The smallest absolute Gasteiger partial charge is 0.254 e. The van der Waals surface area contributed by atoms with Gasteiger partial charge >= 0.3 is 0 Å². The van der Waals surface area contributed by atoms with E-state index in [1.165, 1.54) is 6.07 Å². The van der Waals surface area contributed by atoms with Crippen LogP contribution in [0.5, 0.6) is 0 Å². The highest BCUT2D eigenvalue weighted by molar-refractivity contribution is 5.94. The number of benzene rings is 1. The summed E-state index contributed by atoms with van der Waals surface area (Å²) in [4.78, 5) is 27.9. The summed E-state index contributed by atoms with van der Waals surface area (Å²) in [5.41, 5.74) is 6.72. The molecule has 1 heterocycles. The summed E-state index contributed by atoms with van der Waals surface area (Å²) >= 11 is 0. The molecule has 2 amide bonds. The predicted molar refractivity (Wildman–Crippen MR) is 86.5 cm³/mol. The van der Waals surface area contributed by atoms with Crippen LogP contribution in [0.2, 0.25) is 0 Å². The first-order valence-electron chi connectivity index (χ1n) is 8.03. The quantitative estimate of drug-likeness (QED) is 0.915. The molecule has 1 unspecified atom stereocenters. The predicted octanol–water partition coefficient (Wildman–Crippen LogP) is 1.55. The monoisotopic (exact) mass is 321 g/mol. The third kappa shape index (κ3) is 4.07. The second kappa shape index (κ2) is 7.55. The Morgan fingerprint density at radius 1 is 1.22 bits per heavy atom. The molecule has 23 heavy (non-hydrogen) atoms. The molecular weight excluding hydrogens is 297 g/mol. The van der Waals surface area contributed by atoms with Gasteiger partial charge in [0, 0.05) is 31.7 Å². The Morgan fingerprint density at radius 3 is 2.39 bits per heavy atom. The van der Waals surface area contributed by atoms with Gasteiger partial charge in [-0.25, -0.2) is 4.39 Å². The first-order valence-corrected chi connectivity index (χ1v) is 8.03. The lowest BCUT2D eigenvalue weighted by molar-refractivity contribution is -0.134. The molecule has 1 aliphatic rings. The molecule has 126 valence electrons. The number of rotatable bonds is 4. The third-order valence-electron chi connectivity index (χ3n) is 4.21. The lowest BCUT2D eigenvalue weighted by Crippen LogP contribution is -2.54. The third-order valence-corrected chi connectivity index (χ3v) is 4.21. The van der Waals surface area contributed by atoms with Crippen molar-refractivity contribution in [3.05, 3.63) is 35.1 Å². The van der Waals surface area contributed by atoms with Gasteiger partial charge in [-0.05, 0) is 31.0 Å². The highest BCUT2D eigenvalue weighted by atomic mass is 19.1. The number of hydrogen-bond donors (Lipinski definition) is 1. The van der Waals surface area contributed by atoms with Gasteiger partial charge in [-0.3, -0.25) is 9.59 Å². The van der Waals surface area contributed by atoms with Crippen LogP contribution in [-0.4, -0.2) is 53.8 Å². The molecule has 0 saturated carbocycles. The van der Waals surface area contributed by atoms with Crippen LogP contribution in [0, 0.1) is 12.7 Å². The van der Waals surface area contributed by atoms with E-state index < -0.39 is 6.04 Å².